The standard InChI is InChI=1S/C24H38N3O4P/c1-10-31-32-17(12-11-15(2)28)16(3)25-21(26-32)18-19(29)20(24(7,8)9)27(22(18)30)14-13-23(4,5)6/h11-12,20,28-29H,2,10,13-14H2,1,3-9H3,(H,25,26)/b12-11-. The molecule has 2 aliphatic rings. The Hall–Kier alpha value is -2.11. The predicted octanol–water partition coefficient (Wildman–Crippen LogP) is 5.70. The molecule has 0 saturated heterocycles. The summed E-state index contributed by atoms with van der Waals surface area (Å²) in [6.07, 6.45) is 4.01. The van der Waals surface area contributed by atoms with Crippen molar-refractivity contribution in [2.45, 2.75) is 67.9 Å². The van der Waals surface area contributed by atoms with Crippen LogP contribution in [-0.4, -0.2) is 46.0 Å². The van der Waals surface area contributed by atoms with Gasteiger partial charge in [0.2, 0.25) is 0 Å². The van der Waals surface area contributed by atoms with Gasteiger partial charge in [-0.3, -0.25) is 4.79 Å². The first-order chi connectivity index (χ1) is 14.7. The number of carbonyl (C=O) groups excluding carboxylic acids is 1. The third kappa shape index (κ3) is 6.02. The molecule has 2 rings (SSSR count). The Kier molecular flexibility index (Phi) is 8.01. The molecule has 0 spiro atoms. The van der Waals surface area contributed by atoms with Crippen LogP contribution in [0.3, 0.4) is 0 Å². The van der Waals surface area contributed by atoms with E-state index in [9.17, 15) is 15.0 Å². The Morgan fingerprint density at radius 1 is 1.31 bits per heavy atom. The van der Waals surface area contributed by atoms with Crippen molar-refractivity contribution in [3.8, 4) is 0 Å². The van der Waals surface area contributed by atoms with Gasteiger partial charge in [-0.2, -0.15) is 0 Å². The van der Waals surface area contributed by atoms with Gasteiger partial charge in [0.15, 0.2) is 8.30 Å². The zero-order valence-electron chi connectivity index (χ0n) is 20.6. The van der Waals surface area contributed by atoms with Gasteiger partial charge < -0.3 is 25.0 Å². The van der Waals surface area contributed by atoms with Crippen molar-refractivity contribution in [1.82, 2.24) is 10.2 Å². The minimum absolute atomic E-state index is 0.0460. The highest BCUT2D eigenvalue weighted by Crippen LogP contribution is 2.52. The molecule has 8 heteroatoms. The van der Waals surface area contributed by atoms with E-state index in [1.165, 1.54) is 6.08 Å². The van der Waals surface area contributed by atoms with Crippen LogP contribution >= 0.6 is 8.30 Å². The Morgan fingerprint density at radius 2 is 1.94 bits per heavy atom. The molecule has 2 aliphatic heterocycles. The quantitative estimate of drug-likeness (QED) is 0.256. The number of nitrogens with zero attached hydrogens (tertiary/aromatic N) is 2. The van der Waals surface area contributed by atoms with E-state index in [1.807, 2.05) is 34.6 Å². The fourth-order valence-electron chi connectivity index (χ4n) is 3.69. The zero-order valence-corrected chi connectivity index (χ0v) is 21.5. The lowest BCUT2D eigenvalue weighted by Gasteiger charge is -2.36. The number of nitrogens with one attached hydrogen (secondary N) is 1. The molecule has 0 bridgehead atoms. The summed E-state index contributed by atoms with van der Waals surface area (Å²) in [4.78, 5) is 15.3. The Balaban J connectivity index is 2.48. The molecule has 0 radical (unpaired) electrons. The molecular weight excluding hydrogens is 425 g/mol. The fourth-order valence-corrected chi connectivity index (χ4v) is 5.12. The molecule has 7 nitrogen and oxygen atoms in total. The van der Waals surface area contributed by atoms with Crippen LogP contribution in [0.25, 0.3) is 0 Å². The maximum atomic E-state index is 13.5. The second-order valence-corrected chi connectivity index (χ2v) is 11.9. The summed E-state index contributed by atoms with van der Waals surface area (Å²) in [5.74, 6) is 0.0851. The van der Waals surface area contributed by atoms with Crippen LogP contribution in [0, 0.1) is 10.8 Å². The number of allylic oxidation sites excluding steroid dienone is 4. The molecule has 32 heavy (non-hydrogen) atoms. The average molecular weight is 464 g/mol. The van der Waals surface area contributed by atoms with E-state index in [1.54, 1.807) is 11.0 Å². The number of aliphatic hydroxyl groups excluding tert-OH is 2. The number of aliphatic hydroxyl groups is 2. The molecular formula is C24H38N3O4P. The molecule has 3 N–H and O–H groups in total. The van der Waals surface area contributed by atoms with Crippen LogP contribution < -0.4 is 5.32 Å². The number of hydrogen-bond acceptors (Lipinski definition) is 6. The molecule has 2 atom stereocenters. The molecule has 0 aromatic rings. The zero-order chi connectivity index (χ0) is 24.4. The summed E-state index contributed by atoms with van der Waals surface area (Å²) < 4.78 is 10.5. The molecule has 0 aliphatic carbocycles. The highest BCUT2D eigenvalue weighted by atomic mass is 31.2. The van der Waals surface area contributed by atoms with Crippen LogP contribution in [0.15, 0.2) is 51.6 Å². The third-order valence-corrected chi connectivity index (χ3v) is 7.01. The molecule has 0 aromatic heterocycles. The molecule has 0 saturated carbocycles. The molecule has 2 unspecified atom stereocenters. The van der Waals surface area contributed by atoms with Crippen molar-refractivity contribution in [3.05, 3.63) is 46.8 Å². The molecule has 178 valence electrons. The van der Waals surface area contributed by atoms with Gasteiger partial charge in [-0.1, -0.05) is 48.1 Å². The lowest BCUT2D eigenvalue weighted by Crippen LogP contribution is -2.45. The second kappa shape index (κ2) is 9.80. The van der Waals surface area contributed by atoms with Crippen LogP contribution in [0.1, 0.15) is 61.8 Å². The molecule has 1 amide bonds. The monoisotopic (exact) mass is 463 g/mol. The summed E-state index contributed by atoms with van der Waals surface area (Å²) >= 11 is 0. The highest BCUT2D eigenvalue weighted by Gasteiger charge is 2.47. The summed E-state index contributed by atoms with van der Waals surface area (Å²) in [5, 5.41) is 24.6. The SMILES string of the molecule is C=C(O)/C=C\C1=C(C)NC(C2=C(O)C(C(C)(C)C)N(CCC(C)(C)C)C2=O)=NP1OCC. The number of carbonyl (C=O) groups is 1. The normalized spacial score (nSPS) is 22.7. The summed E-state index contributed by atoms with van der Waals surface area (Å²) in [7, 11) is -1.43. The summed E-state index contributed by atoms with van der Waals surface area (Å²) in [6.45, 7) is 20.7. The van der Waals surface area contributed by atoms with Crippen molar-refractivity contribution >= 4 is 20.0 Å². The average Bonchev–Trinajstić information content (AvgIpc) is 2.88. The fraction of sp³-hybridized carbons (Fsp3) is 0.583. The van der Waals surface area contributed by atoms with Gasteiger partial charge in [0.25, 0.3) is 5.91 Å². The largest absolute Gasteiger partial charge is 0.509 e. The van der Waals surface area contributed by atoms with Gasteiger partial charge in [-0.15, -0.1) is 0 Å². The van der Waals surface area contributed by atoms with E-state index < -0.39 is 14.3 Å². The Labute approximate surface area is 193 Å². The second-order valence-electron chi connectivity index (χ2n) is 10.4. The maximum Gasteiger partial charge on any atom is 0.261 e. The van der Waals surface area contributed by atoms with E-state index in [4.69, 9.17) is 4.52 Å². The minimum Gasteiger partial charge on any atom is -0.509 e. The van der Waals surface area contributed by atoms with Crippen LogP contribution in [0.2, 0.25) is 0 Å². The van der Waals surface area contributed by atoms with Gasteiger partial charge in [-0.05, 0) is 43.3 Å². The molecule has 2 heterocycles. The number of rotatable bonds is 7. The predicted molar refractivity (Wildman–Crippen MR) is 131 cm³/mol. The van der Waals surface area contributed by atoms with Crippen LogP contribution in [-0.2, 0) is 9.32 Å². The van der Waals surface area contributed by atoms with E-state index >= 15 is 0 Å². The van der Waals surface area contributed by atoms with E-state index in [-0.39, 0.29) is 33.8 Å². The van der Waals surface area contributed by atoms with Gasteiger partial charge in [-0.25, -0.2) is 4.76 Å². The van der Waals surface area contributed by atoms with E-state index in [0.717, 1.165) is 17.4 Å². The van der Waals surface area contributed by atoms with Gasteiger partial charge in [0.05, 0.1) is 12.6 Å². The summed E-state index contributed by atoms with van der Waals surface area (Å²) in [6, 6.07) is -0.432. The van der Waals surface area contributed by atoms with E-state index in [0.29, 0.717) is 19.0 Å². The molecule has 0 aromatic carbocycles. The first kappa shape index (κ1) is 26.1. The lowest BCUT2D eigenvalue weighted by atomic mass is 9.84. The van der Waals surface area contributed by atoms with Gasteiger partial charge in [0, 0.05) is 17.6 Å². The summed E-state index contributed by atoms with van der Waals surface area (Å²) in [5.41, 5.74) is 0.669. The van der Waals surface area contributed by atoms with Crippen molar-refractivity contribution in [2.75, 3.05) is 13.2 Å². The first-order valence-electron chi connectivity index (χ1n) is 11.0. The Morgan fingerprint density at radius 3 is 2.44 bits per heavy atom. The lowest BCUT2D eigenvalue weighted by molar-refractivity contribution is -0.128. The first-order valence-corrected chi connectivity index (χ1v) is 12.2. The smallest absolute Gasteiger partial charge is 0.261 e. The molecule has 0 fully saturated rings. The minimum atomic E-state index is -1.43. The third-order valence-electron chi connectivity index (χ3n) is 5.23. The van der Waals surface area contributed by atoms with E-state index in [2.05, 4.69) is 37.4 Å². The topological polar surface area (TPSA) is 94.4 Å². The Bertz CT molecular complexity index is 888. The van der Waals surface area contributed by atoms with Crippen molar-refractivity contribution in [1.29, 1.82) is 0 Å². The number of amides is 1. The maximum absolute atomic E-state index is 13.5. The number of amidine groups is 1. The van der Waals surface area contributed by atoms with Crippen molar-refractivity contribution < 1.29 is 19.5 Å². The van der Waals surface area contributed by atoms with Crippen molar-refractivity contribution in [3.63, 3.8) is 0 Å². The van der Waals surface area contributed by atoms with Gasteiger partial charge in [0.1, 0.15) is 22.9 Å². The van der Waals surface area contributed by atoms with Crippen molar-refractivity contribution in [2.24, 2.45) is 15.6 Å². The van der Waals surface area contributed by atoms with Crippen LogP contribution in [0.5, 0.6) is 0 Å². The highest BCUT2D eigenvalue weighted by molar-refractivity contribution is 7.56. The number of hydrogen-bond donors (Lipinski definition) is 3. The van der Waals surface area contributed by atoms with Crippen LogP contribution in [0.4, 0.5) is 0 Å². The van der Waals surface area contributed by atoms with Gasteiger partial charge >= 0.3 is 0 Å².